The first-order chi connectivity index (χ1) is 13.9. The third kappa shape index (κ3) is 3.97. The Hall–Kier alpha value is -3.28. The summed E-state index contributed by atoms with van der Waals surface area (Å²) in [6.45, 7) is 9.70. The van der Waals surface area contributed by atoms with E-state index in [0.717, 1.165) is 23.7 Å². The van der Waals surface area contributed by atoms with Gasteiger partial charge in [0.15, 0.2) is 5.76 Å². The molecule has 3 rings (SSSR count). The summed E-state index contributed by atoms with van der Waals surface area (Å²) in [5.74, 6) is -1.14. The fraction of sp³-hybridized carbons (Fsp3) is 0.304. The number of amides is 2. The zero-order valence-electron chi connectivity index (χ0n) is 17.2. The molecule has 0 saturated heterocycles. The second-order valence-corrected chi connectivity index (χ2v) is 7.05. The monoisotopic (exact) mass is 394 g/mol. The highest BCUT2D eigenvalue weighted by Crippen LogP contribution is 2.33. The van der Waals surface area contributed by atoms with Crippen LogP contribution in [0.25, 0.3) is 5.57 Å². The zero-order valence-corrected chi connectivity index (χ0v) is 17.2. The average molecular weight is 394 g/mol. The molecule has 1 aliphatic rings. The number of nitrogens with zero attached hydrogens (tertiary/aromatic N) is 2. The summed E-state index contributed by atoms with van der Waals surface area (Å²) in [7, 11) is 0. The molecule has 0 radical (unpaired) electrons. The smallest absolute Gasteiger partial charge is 0.301 e. The van der Waals surface area contributed by atoms with Gasteiger partial charge < -0.3 is 14.7 Å². The van der Waals surface area contributed by atoms with Crippen LogP contribution in [0.3, 0.4) is 0 Å². The topological polar surface area (TPSA) is 70.1 Å². The van der Waals surface area contributed by atoms with Crippen LogP contribution in [0, 0.1) is 0 Å². The largest absolute Gasteiger partial charge is 0.502 e. The van der Waals surface area contributed by atoms with E-state index in [1.807, 2.05) is 26.0 Å². The predicted octanol–water partition coefficient (Wildman–Crippen LogP) is 4.16. The standard InChI is InChI=1S/C23H26N2O4/c1-5-24(6-2)17-9-11-18(12-10-17)25-22(27)20(21(26)23(25)28)16-7-13-19(14-8-16)29-15(3)4/h7-15,26H,5-6H2,1-4H3. The fourth-order valence-electron chi connectivity index (χ4n) is 3.39. The van der Waals surface area contributed by atoms with E-state index in [9.17, 15) is 14.7 Å². The van der Waals surface area contributed by atoms with Crippen molar-refractivity contribution in [1.29, 1.82) is 0 Å². The van der Waals surface area contributed by atoms with Crippen LogP contribution in [0.1, 0.15) is 33.3 Å². The van der Waals surface area contributed by atoms with Crippen LogP contribution in [-0.4, -0.2) is 36.1 Å². The summed E-state index contributed by atoms with van der Waals surface area (Å²) in [5, 5.41) is 10.4. The Bertz CT molecular complexity index is 926. The molecule has 2 amide bonds. The van der Waals surface area contributed by atoms with Crippen molar-refractivity contribution in [2.24, 2.45) is 0 Å². The molecule has 29 heavy (non-hydrogen) atoms. The average Bonchev–Trinajstić information content (AvgIpc) is 2.92. The number of hydrogen-bond acceptors (Lipinski definition) is 5. The van der Waals surface area contributed by atoms with E-state index in [-0.39, 0.29) is 11.7 Å². The molecule has 0 unspecified atom stereocenters. The lowest BCUT2D eigenvalue weighted by molar-refractivity contribution is -0.121. The van der Waals surface area contributed by atoms with Crippen LogP contribution in [0.15, 0.2) is 54.3 Å². The van der Waals surface area contributed by atoms with Gasteiger partial charge in [-0.2, -0.15) is 0 Å². The van der Waals surface area contributed by atoms with E-state index in [4.69, 9.17) is 4.74 Å². The number of aliphatic hydroxyl groups excluding tert-OH is 1. The number of carbonyl (C=O) groups is 2. The van der Waals surface area contributed by atoms with Gasteiger partial charge >= 0.3 is 5.91 Å². The van der Waals surface area contributed by atoms with Crippen LogP contribution in [0.2, 0.25) is 0 Å². The number of benzene rings is 2. The van der Waals surface area contributed by atoms with Crippen molar-refractivity contribution in [3.8, 4) is 5.75 Å². The molecule has 1 heterocycles. The molecule has 0 saturated carbocycles. The summed E-state index contributed by atoms with van der Waals surface area (Å²) in [4.78, 5) is 28.7. The van der Waals surface area contributed by atoms with E-state index < -0.39 is 17.6 Å². The summed E-state index contributed by atoms with van der Waals surface area (Å²) in [6, 6.07) is 14.0. The van der Waals surface area contributed by atoms with Crippen molar-refractivity contribution in [3.63, 3.8) is 0 Å². The van der Waals surface area contributed by atoms with Crippen LogP contribution < -0.4 is 14.5 Å². The van der Waals surface area contributed by atoms with Gasteiger partial charge in [0.05, 0.1) is 17.4 Å². The van der Waals surface area contributed by atoms with E-state index in [1.54, 1.807) is 36.4 Å². The maximum absolute atomic E-state index is 13.0. The normalized spacial score (nSPS) is 14.2. The number of carbonyl (C=O) groups excluding carboxylic acids is 2. The third-order valence-electron chi connectivity index (χ3n) is 4.81. The molecule has 0 spiro atoms. The van der Waals surface area contributed by atoms with Crippen molar-refractivity contribution in [1.82, 2.24) is 0 Å². The molecule has 0 bridgehead atoms. The Labute approximate surface area is 171 Å². The highest BCUT2D eigenvalue weighted by molar-refractivity contribution is 6.44. The Morgan fingerprint density at radius 1 is 0.931 bits per heavy atom. The van der Waals surface area contributed by atoms with Crippen LogP contribution in [0.4, 0.5) is 11.4 Å². The minimum Gasteiger partial charge on any atom is -0.502 e. The van der Waals surface area contributed by atoms with Gasteiger partial charge in [0, 0.05) is 18.8 Å². The first-order valence-electron chi connectivity index (χ1n) is 9.81. The van der Waals surface area contributed by atoms with Crippen molar-refractivity contribution < 1.29 is 19.4 Å². The first-order valence-corrected chi connectivity index (χ1v) is 9.81. The molecule has 0 atom stereocenters. The Morgan fingerprint density at radius 3 is 2.03 bits per heavy atom. The molecule has 1 N–H and O–H groups in total. The molecule has 152 valence electrons. The van der Waals surface area contributed by atoms with Gasteiger partial charge in [-0.3, -0.25) is 9.59 Å². The molecule has 1 aliphatic heterocycles. The summed E-state index contributed by atoms with van der Waals surface area (Å²) < 4.78 is 5.60. The summed E-state index contributed by atoms with van der Waals surface area (Å²) >= 11 is 0. The van der Waals surface area contributed by atoms with E-state index in [2.05, 4.69) is 18.7 Å². The van der Waals surface area contributed by atoms with E-state index in [1.165, 1.54) is 0 Å². The van der Waals surface area contributed by atoms with Gasteiger partial charge in [-0.1, -0.05) is 12.1 Å². The van der Waals surface area contributed by atoms with E-state index in [0.29, 0.717) is 17.0 Å². The SMILES string of the molecule is CCN(CC)c1ccc(N2C(=O)C(O)=C(c3ccc(OC(C)C)cc3)C2=O)cc1. The molecular weight excluding hydrogens is 368 g/mol. The van der Waals surface area contributed by atoms with Gasteiger partial charge in [-0.05, 0) is 69.7 Å². The molecule has 6 heteroatoms. The van der Waals surface area contributed by atoms with Gasteiger partial charge in [0.2, 0.25) is 0 Å². The molecule has 2 aromatic rings. The van der Waals surface area contributed by atoms with E-state index >= 15 is 0 Å². The van der Waals surface area contributed by atoms with Crippen LogP contribution >= 0.6 is 0 Å². The maximum atomic E-state index is 13.0. The lowest BCUT2D eigenvalue weighted by Crippen LogP contribution is -2.31. The molecule has 2 aromatic carbocycles. The molecule has 6 nitrogen and oxygen atoms in total. The van der Waals surface area contributed by atoms with Crippen molar-refractivity contribution in [3.05, 3.63) is 59.9 Å². The lowest BCUT2D eigenvalue weighted by Gasteiger charge is -2.22. The highest BCUT2D eigenvalue weighted by atomic mass is 16.5. The quantitative estimate of drug-likeness (QED) is 0.714. The van der Waals surface area contributed by atoms with Crippen LogP contribution in [0.5, 0.6) is 5.75 Å². The molecular formula is C23H26N2O4. The highest BCUT2D eigenvalue weighted by Gasteiger charge is 2.40. The van der Waals surface area contributed by atoms with Crippen molar-refractivity contribution in [2.75, 3.05) is 22.9 Å². The maximum Gasteiger partial charge on any atom is 0.301 e. The molecule has 0 aliphatic carbocycles. The van der Waals surface area contributed by atoms with Gasteiger partial charge in [0.25, 0.3) is 5.91 Å². The lowest BCUT2D eigenvalue weighted by atomic mass is 10.1. The number of aliphatic hydroxyl groups is 1. The summed E-state index contributed by atoms with van der Waals surface area (Å²) in [5.41, 5.74) is 1.91. The van der Waals surface area contributed by atoms with Crippen LogP contribution in [-0.2, 0) is 9.59 Å². The minimum atomic E-state index is -0.719. The van der Waals surface area contributed by atoms with Crippen molar-refractivity contribution in [2.45, 2.75) is 33.8 Å². The second kappa shape index (κ2) is 8.39. The van der Waals surface area contributed by atoms with Gasteiger partial charge in [0.1, 0.15) is 5.75 Å². The van der Waals surface area contributed by atoms with Gasteiger partial charge in [-0.25, -0.2) is 4.90 Å². The predicted molar refractivity (Wildman–Crippen MR) is 114 cm³/mol. The Balaban J connectivity index is 1.87. The van der Waals surface area contributed by atoms with Gasteiger partial charge in [-0.15, -0.1) is 0 Å². The molecule has 0 fully saturated rings. The second-order valence-electron chi connectivity index (χ2n) is 7.05. The third-order valence-corrected chi connectivity index (χ3v) is 4.81. The molecule has 0 aromatic heterocycles. The summed E-state index contributed by atoms with van der Waals surface area (Å²) in [6.07, 6.45) is 0.0259. The number of rotatable bonds is 7. The number of hydrogen-bond donors (Lipinski definition) is 1. The zero-order chi connectivity index (χ0) is 21.1. The van der Waals surface area contributed by atoms with Crippen molar-refractivity contribution >= 4 is 28.8 Å². The number of ether oxygens (including phenoxy) is 1. The number of imide groups is 1. The Kier molecular flexibility index (Phi) is 5.92. The first kappa shape index (κ1) is 20.5. The number of anilines is 2. The fourth-order valence-corrected chi connectivity index (χ4v) is 3.39. The Morgan fingerprint density at radius 2 is 1.52 bits per heavy atom. The minimum absolute atomic E-state index is 0.00100.